The second-order valence-corrected chi connectivity index (χ2v) is 14.4. The minimum absolute atomic E-state index is 0.558. The van der Waals surface area contributed by atoms with Crippen LogP contribution in [0.25, 0.3) is 117 Å². The third-order valence-electron chi connectivity index (χ3n) is 11.0. The average molecular weight is 731 g/mol. The number of rotatable bonds is 5. The van der Waals surface area contributed by atoms with Crippen LogP contribution in [0.1, 0.15) is 0 Å². The number of fused-ring (bicyclic) bond motifs is 10. The summed E-state index contributed by atoms with van der Waals surface area (Å²) in [6, 6.07) is 62.7. The molecule has 4 heterocycles. The van der Waals surface area contributed by atoms with E-state index in [0.29, 0.717) is 17.5 Å². The van der Waals surface area contributed by atoms with Crippen LogP contribution in [0.15, 0.2) is 191 Å². The van der Waals surface area contributed by atoms with Crippen LogP contribution in [0, 0.1) is 0 Å². The Labute approximate surface area is 325 Å². The van der Waals surface area contributed by atoms with Gasteiger partial charge in [-0.25, -0.2) is 15.0 Å². The van der Waals surface area contributed by atoms with Crippen molar-refractivity contribution in [2.75, 3.05) is 0 Å². The number of benzene rings is 8. The lowest BCUT2D eigenvalue weighted by molar-refractivity contribution is 0.668. The standard InChI is InChI=1S/C51H30N4O2/c1-3-12-31(13-4-1)32-14-11-15-33(28-32)49-52-50(34-23-26-44-41(29-34)38-19-8-10-21-43(38)56-44)54-51(53-49)35-22-24-40-46(30-35)57-45-27-25-39-37-18-7-9-20-42(37)55(48(39)47(40)45)36-16-5-2-6-17-36/h1-30H. The van der Waals surface area contributed by atoms with E-state index in [-0.39, 0.29) is 0 Å². The van der Waals surface area contributed by atoms with E-state index in [1.54, 1.807) is 0 Å². The van der Waals surface area contributed by atoms with Gasteiger partial charge in [0.1, 0.15) is 22.3 Å². The fourth-order valence-corrected chi connectivity index (χ4v) is 8.40. The average Bonchev–Trinajstić information content (AvgIpc) is 3.96. The van der Waals surface area contributed by atoms with Gasteiger partial charge in [0.15, 0.2) is 17.5 Å². The number of nitrogens with zero attached hydrogens (tertiary/aromatic N) is 4. The second-order valence-electron chi connectivity index (χ2n) is 14.4. The van der Waals surface area contributed by atoms with Crippen molar-refractivity contribution in [3.63, 3.8) is 0 Å². The molecule has 4 aromatic heterocycles. The molecule has 6 nitrogen and oxygen atoms in total. The summed E-state index contributed by atoms with van der Waals surface area (Å²) in [5, 5.41) is 6.55. The third-order valence-corrected chi connectivity index (χ3v) is 11.0. The number of para-hydroxylation sites is 3. The van der Waals surface area contributed by atoms with Gasteiger partial charge in [0, 0.05) is 49.3 Å². The van der Waals surface area contributed by atoms with E-state index in [2.05, 4.69) is 150 Å². The lowest BCUT2D eigenvalue weighted by Gasteiger charge is -2.10. The van der Waals surface area contributed by atoms with Crippen LogP contribution < -0.4 is 0 Å². The SMILES string of the molecule is c1ccc(-c2cccc(-c3nc(-c4ccc5c(c4)oc4ccc6c7ccccc7n(-c7ccccc7)c6c45)nc(-c4ccc5oc6ccccc6c5c4)n3)c2)cc1. The topological polar surface area (TPSA) is 69.9 Å². The molecule has 0 N–H and O–H groups in total. The molecule has 266 valence electrons. The highest BCUT2D eigenvalue weighted by Crippen LogP contribution is 2.42. The first-order valence-corrected chi connectivity index (χ1v) is 19.0. The van der Waals surface area contributed by atoms with Gasteiger partial charge in [-0.15, -0.1) is 0 Å². The molecular weight excluding hydrogens is 701 g/mol. The van der Waals surface area contributed by atoms with Crippen LogP contribution in [0.5, 0.6) is 0 Å². The van der Waals surface area contributed by atoms with E-state index < -0.39 is 0 Å². The number of aromatic nitrogens is 4. The lowest BCUT2D eigenvalue weighted by Crippen LogP contribution is -2.00. The summed E-state index contributed by atoms with van der Waals surface area (Å²) >= 11 is 0. The molecule has 0 aliphatic heterocycles. The summed E-state index contributed by atoms with van der Waals surface area (Å²) in [6.45, 7) is 0. The monoisotopic (exact) mass is 730 g/mol. The molecule has 0 saturated carbocycles. The Morgan fingerprint density at radius 3 is 1.74 bits per heavy atom. The maximum Gasteiger partial charge on any atom is 0.164 e. The summed E-state index contributed by atoms with van der Waals surface area (Å²) in [7, 11) is 0. The zero-order valence-corrected chi connectivity index (χ0v) is 30.4. The van der Waals surface area contributed by atoms with Crippen molar-refractivity contribution < 1.29 is 8.83 Å². The Balaban J connectivity index is 1.07. The first kappa shape index (κ1) is 31.5. The van der Waals surface area contributed by atoms with E-state index >= 15 is 0 Å². The minimum atomic E-state index is 0.558. The van der Waals surface area contributed by atoms with Gasteiger partial charge in [-0.3, -0.25) is 0 Å². The minimum Gasteiger partial charge on any atom is -0.456 e. The first-order valence-electron chi connectivity index (χ1n) is 19.0. The molecule has 0 saturated heterocycles. The largest absolute Gasteiger partial charge is 0.456 e. The zero-order chi connectivity index (χ0) is 37.5. The van der Waals surface area contributed by atoms with Crippen LogP contribution in [-0.4, -0.2) is 19.5 Å². The molecule has 12 aromatic rings. The van der Waals surface area contributed by atoms with Crippen LogP contribution in [0.3, 0.4) is 0 Å². The van der Waals surface area contributed by atoms with Gasteiger partial charge in [-0.05, 0) is 83.9 Å². The Bertz CT molecular complexity index is 3530. The number of hydrogen-bond acceptors (Lipinski definition) is 5. The quantitative estimate of drug-likeness (QED) is 0.176. The molecule has 0 aliphatic rings. The number of furan rings is 2. The predicted octanol–water partition coefficient (Wildman–Crippen LogP) is 13.4. The molecule has 0 aliphatic carbocycles. The van der Waals surface area contributed by atoms with Crippen molar-refractivity contribution in [1.29, 1.82) is 0 Å². The summed E-state index contributed by atoms with van der Waals surface area (Å²) < 4.78 is 15.2. The van der Waals surface area contributed by atoms with Crippen LogP contribution in [-0.2, 0) is 0 Å². The number of hydrogen-bond donors (Lipinski definition) is 0. The van der Waals surface area contributed by atoms with Gasteiger partial charge in [-0.1, -0.05) is 109 Å². The Kier molecular flexibility index (Phi) is 6.83. The van der Waals surface area contributed by atoms with Crippen molar-refractivity contribution in [1.82, 2.24) is 19.5 Å². The molecule has 12 rings (SSSR count). The second kappa shape index (κ2) is 12.3. The van der Waals surface area contributed by atoms with Crippen molar-refractivity contribution in [2.24, 2.45) is 0 Å². The first-order chi connectivity index (χ1) is 28.2. The molecule has 0 radical (unpaired) electrons. The molecule has 57 heavy (non-hydrogen) atoms. The van der Waals surface area contributed by atoms with E-state index in [4.69, 9.17) is 23.8 Å². The smallest absolute Gasteiger partial charge is 0.164 e. The van der Waals surface area contributed by atoms with Gasteiger partial charge >= 0.3 is 0 Å². The normalized spacial score (nSPS) is 11.9. The van der Waals surface area contributed by atoms with Crippen LogP contribution in [0.2, 0.25) is 0 Å². The third kappa shape index (κ3) is 5.01. The summed E-state index contributed by atoms with van der Waals surface area (Å²) in [5.41, 5.74) is 11.5. The lowest BCUT2D eigenvalue weighted by atomic mass is 10.0. The molecule has 0 unspecified atom stereocenters. The van der Waals surface area contributed by atoms with Crippen molar-refractivity contribution in [3.05, 3.63) is 182 Å². The Hall–Kier alpha value is -7.83. The maximum absolute atomic E-state index is 6.69. The summed E-state index contributed by atoms with van der Waals surface area (Å²) in [4.78, 5) is 15.4. The van der Waals surface area contributed by atoms with Crippen molar-refractivity contribution >= 4 is 65.7 Å². The van der Waals surface area contributed by atoms with Gasteiger partial charge < -0.3 is 13.4 Å². The summed E-state index contributed by atoms with van der Waals surface area (Å²) in [5.74, 6) is 1.72. The molecule has 0 spiro atoms. The molecule has 0 bridgehead atoms. The fraction of sp³-hybridized carbons (Fsp3) is 0. The van der Waals surface area contributed by atoms with E-state index in [9.17, 15) is 0 Å². The van der Waals surface area contributed by atoms with Gasteiger partial charge in [0.25, 0.3) is 0 Å². The molecule has 8 aromatic carbocycles. The highest BCUT2D eigenvalue weighted by molar-refractivity contribution is 6.24. The molecule has 0 fully saturated rings. The summed E-state index contributed by atoms with van der Waals surface area (Å²) in [6.07, 6.45) is 0. The zero-order valence-electron chi connectivity index (χ0n) is 30.4. The van der Waals surface area contributed by atoms with Crippen molar-refractivity contribution in [3.8, 4) is 51.0 Å². The molecule has 0 amide bonds. The predicted molar refractivity (Wildman–Crippen MR) is 230 cm³/mol. The van der Waals surface area contributed by atoms with Crippen molar-refractivity contribution in [2.45, 2.75) is 0 Å². The Morgan fingerprint density at radius 2 is 0.912 bits per heavy atom. The Morgan fingerprint density at radius 1 is 0.333 bits per heavy atom. The van der Waals surface area contributed by atoms with Crippen LogP contribution >= 0.6 is 0 Å². The highest BCUT2D eigenvalue weighted by Gasteiger charge is 2.21. The highest BCUT2D eigenvalue weighted by atomic mass is 16.3. The van der Waals surface area contributed by atoms with Gasteiger partial charge in [0.2, 0.25) is 0 Å². The van der Waals surface area contributed by atoms with Gasteiger partial charge in [-0.2, -0.15) is 0 Å². The fourth-order valence-electron chi connectivity index (χ4n) is 8.40. The maximum atomic E-state index is 6.69. The van der Waals surface area contributed by atoms with E-state index in [0.717, 1.165) is 88.4 Å². The van der Waals surface area contributed by atoms with Crippen LogP contribution in [0.4, 0.5) is 0 Å². The molecular formula is C51H30N4O2. The molecule has 6 heteroatoms. The molecule has 0 atom stereocenters. The van der Waals surface area contributed by atoms with E-state index in [1.807, 2.05) is 36.4 Å². The van der Waals surface area contributed by atoms with E-state index in [1.165, 1.54) is 10.8 Å². The van der Waals surface area contributed by atoms with Gasteiger partial charge in [0.05, 0.1) is 16.4 Å².